The third-order valence-corrected chi connectivity index (χ3v) is 1.88. The van der Waals surface area contributed by atoms with E-state index in [4.69, 9.17) is 4.74 Å². The Kier molecular flexibility index (Phi) is 4.64. The van der Waals surface area contributed by atoms with Crippen LogP contribution in [-0.4, -0.2) is 4.98 Å². The van der Waals surface area contributed by atoms with Crippen molar-refractivity contribution in [2.75, 3.05) is 0 Å². The Morgan fingerprint density at radius 2 is 1.80 bits per heavy atom. The first kappa shape index (κ1) is 11.5. The maximum Gasteiger partial charge on any atom is 0.138 e. The average Bonchev–Trinajstić information content (AvgIpc) is 2.29. The second-order valence-corrected chi connectivity index (χ2v) is 2.96. The third kappa shape index (κ3) is 3.60. The number of benzene rings is 1. The molecule has 78 valence electrons. The van der Waals surface area contributed by atoms with Crippen LogP contribution in [0.3, 0.4) is 0 Å². The Morgan fingerprint density at radius 1 is 1.00 bits per heavy atom. The van der Waals surface area contributed by atoms with E-state index < -0.39 is 0 Å². The van der Waals surface area contributed by atoms with Crippen molar-refractivity contribution in [2.45, 2.75) is 6.61 Å². The molecule has 0 amide bonds. The molecule has 1 heterocycles. The lowest BCUT2D eigenvalue weighted by atomic mass is 10.2. The third-order valence-electron chi connectivity index (χ3n) is 1.88. The van der Waals surface area contributed by atoms with Crippen LogP contribution >= 0.6 is 12.4 Å². The van der Waals surface area contributed by atoms with Crippen molar-refractivity contribution in [2.24, 2.45) is 0 Å². The minimum Gasteiger partial charge on any atom is -0.487 e. The van der Waals surface area contributed by atoms with E-state index in [0.717, 1.165) is 11.3 Å². The van der Waals surface area contributed by atoms with Gasteiger partial charge in [0.1, 0.15) is 12.4 Å². The van der Waals surface area contributed by atoms with Crippen LogP contribution in [0.2, 0.25) is 0 Å². The molecular weight excluding hydrogens is 210 g/mol. The van der Waals surface area contributed by atoms with Gasteiger partial charge >= 0.3 is 0 Å². The second kappa shape index (κ2) is 6.04. The fourth-order valence-electron chi connectivity index (χ4n) is 1.17. The summed E-state index contributed by atoms with van der Waals surface area (Å²) >= 11 is 0. The summed E-state index contributed by atoms with van der Waals surface area (Å²) in [4.78, 5) is 3.97. The SMILES string of the molecule is Cl.c1ccc(COc2cccnc2)cc1. The lowest BCUT2D eigenvalue weighted by Crippen LogP contribution is -1.94. The maximum atomic E-state index is 5.53. The molecule has 2 nitrogen and oxygen atoms in total. The van der Waals surface area contributed by atoms with Gasteiger partial charge in [0.2, 0.25) is 0 Å². The number of halogens is 1. The number of rotatable bonds is 3. The summed E-state index contributed by atoms with van der Waals surface area (Å²) in [6, 6.07) is 13.8. The van der Waals surface area contributed by atoms with Crippen molar-refractivity contribution in [3.05, 3.63) is 60.4 Å². The van der Waals surface area contributed by atoms with Gasteiger partial charge in [0, 0.05) is 6.20 Å². The molecule has 0 aliphatic heterocycles. The van der Waals surface area contributed by atoms with Gasteiger partial charge in [-0.05, 0) is 17.7 Å². The molecular formula is C12H12ClNO. The highest BCUT2D eigenvalue weighted by Gasteiger charge is 1.93. The number of aromatic nitrogens is 1. The molecule has 0 spiro atoms. The van der Waals surface area contributed by atoms with Crippen LogP contribution in [0.1, 0.15) is 5.56 Å². The Hall–Kier alpha value is -1.54. The van der Waals surface area contributed by atoms with E-state index in [2.05, 4.69) is 4.98 Å². The van der Waals surface area contributed by atoms with Gasteiger partial charge in [-0.2, -0.15) is 0 Å². The number of hydrogen-bond acceptors (Lipinski definition) is 2. The quantitative estimate of drug-likeness (QED) is 0.795. The summed E-state index contributed by atoms with van der Waals surface area (Å²) < 4.78 is 5.53. The summed E-state index contributed by atoms with van der Waals surface area (Å²) in [6.07, 6.45) is 3.44. The van der Waals surface area contributed by atoms with Crippen molar-refractivity contribution in [1.29, 1.82) is 0 Å². The molecule has 2 rings (SSSR count). The lowest BCUT2D eigenvalue weighted by molar-refractivity contribution is 0.305. The average molecular weight is 222 g/mol. The van der Waals surface area contributed by atoms with Crippen LogP contribution in [0.5, 0.6) is 5.75 Å². The minimum absolute atomic E-state index is 0. The Morgan fingerprint density at radius 3 is 2.47 bits per heavy atom. The van der Waals surface area contributed by atoms with Gasteiger partial charge in [-0.3, -0.25) is 4.98 Å². The van der Waals surface area contributed by atoms with Gasteiger partial charge in [0.15, 0.2) is 0 Å². The van der Waals surface area contributed by atoms with Gasteiger partial charge in [-0.25, -0.2) is 0 Å². The molecule has 0 radical (unpaired) electrons. The molecule has 0 bridgehead atoms. The molecule has 3 heteroatoms. The van der Waals surface area contributed by atoms with Crippen LogP contribution in [0.25, 0.3) is 0 Å². The highest BCUT2D eigenvalue weighted by molar-refractivity contribution is 5.85. The second-order valence-electron chi connectivity index (χ2n) is 2.96. The van der Waals surface area contributed by atoms with Crippen LogP contribution in [0, 0.1) is 0 Å². The zero-order valence-corrected chi connectivity index (χ0v) is 8.98. The van der Waals surface area contributed by atoms with Crippen LogP contribution < -0.4 is 4.74 Å². The predicted octanol–water partition coefficient (Wildman–Crippen LogP) is 3.08. The first-order valence-electron chi connectivity index (χ1n) is 4.52. The molecule has 1 aromatic carbocycles. The molecule has 1 aromatic heterocycles. The number of hydrogen-bond donors (Lipinski definition) is 0. The summed E-state index contributed by atoms with van der Waals surface area (Å²) in [6.45, 7) is 0.590. The zero-order chi connectivity index (χ0) is 9.64. The monoisotopic (exact) mass is 221 g/mol. The molecule has 0 unspecified atom stereocenters. The first-order chi connectivity index (χ1) is 6.95. The first-order valence-corrected chi connectivity index (χ1v) is 4.52. The lowest BCUT2D eigenvalue weighted by Gasteiger charge is -2.04. The summed E-state index contributed by atoms with van der Waals surface area (Å²) in [5, 5.41) is 0. The van der Waals surface area contributed by atoms with Crippen molar-refractivity contribution in [1.82, 2.24) is 4.98 Å². The summed E-state index contributed by atoms with van der Waals surface area (Å²) in [5.41, 5.74) is 1.16. The fraction of sp³-hybridized carbons (Fsp3) is 0.0833. The molecule has 0 saturated heterocycles. The smallest absolute Gasteiger partial charge is 0.138 e. The molecule has 0 saturated carbocycles. The summed E-state index contributed by atoms with van der Waals surface area (Å²) in [7, 11) is 0. The van der Waals surface area contributed by atoms with E-state index >= 15 is 0 Å². The number of nitrogens with zero attached hydrogens (tertiary/aromatic N) is 1. The van der Waals surface area contributed by atoms with Gasteiger partial charge in [0.05, 0.1) is 6.20 Å². The van der Waals surface area contributed by atoms with E-state index in [-0.39, 0.29) is 12.4 Å². The highest BCUT2D eigenvalue weighted by atomic mass is 35.5. The topological polar surface area (TPSA) is 22.1 Å². The van der Waals surface area contributed by atoms with E-state index in [0.29, 0.717) is 6.61 Å². The van der Waals surface area contributed by atoms with Crippen molar-refractivity contribution < 1.29 is 4.74 Å². The molecule has 2 aromatic rings. The van der Waals surface area contributed by atoms with Gasteiger partial charge in [-0.15, -0.1) is 12.4 Å². The van der Waals surface area contributed by atoms with E-state index in [1.54, 1.807) is 12.4 Å². The number of ether oxygens (including phenoxy) is 1. The molecule has 15 heavy (non-hydrogen) atoms. The summed E-state index contributed by atoms with van der Waals surface area (Å²) in [5.74, 6) is 0.802. The van der Waals surface area contributed by atoms with Crippen molar-refractivity contribution >= 4 is 12.4 Å². The van der Waals surface area contributed by atoms with Crippen molar-refractivity contribution in [3.63, 3.8) is 0 Å². The molecule has 0 fully saturated rings. The molecule has 0 aliphatic rings. The van der Waals surface area contributed by atoms with Gasteiger partial charge in [-0.1, -0.05) is 30.3 Å². The normalized spacial score (nSPS) is 9.07. The fourth-order valence-corrected chi connectivity index (χ4v) is 1.17. The van der Waals surface area contributed by atoms with Crippen molar-refractivity contribution in [3.8, 4) is 5.75 Å². The van der Waals surface area contributed by atoms with Crippen LogP contribution in [0.4, 0.5) is 0 Å². The van der Waals surface area contributed by atoms with Gasteiger partial charge < -0.3 is 4.74 Å². The molecule has 0 atom stereocenters. The molecule has 0 N–H and O–H groups in total. The predicted molar refractivity (Wildman–Crippen MR) is 62.3 cm³/mol. The van der Waals surface area contributed by atoms with Crippen LogP contribution in [0.15, 0.2) is 54.9 Å². The minimum atomic E-state index is 0. The standard InChI is InChI=1S/C12H11NO.ClH/c1-2-5-11(6-3-1)10-14-12-7-4-8-13-9-12;/h1-9H,10H2;1H. The van der Waals surface area contributed by atoms with E-state index in [9.17, 15) is 0 Å². The Balaban J connectivity index is 0.00000112. The van der Waals surface area contributed by atoms with E-state index in [1.165, 1.54) is 0 Å². The van der Waals surface area contributed by atoms with Crippen LogP contribution in [-0.2, 0) is 6.61 Å². The van der Waals surface area contributed by atoms with E-state index in [1.807, 2.05) is 42.5 Å². The Bertz CT molecular complexity index is 338. The van der Waals surface area contributed by atoms with Gasteiger partial charge in [0.25, 0.3) is 0 Å². The largest absolute Gasteiger partial charge is 0.487 e. The highest BCUT2D eigenvalue weighted by Crippen LogP contribution is 2.09. The molecule has 0 aliphatic carbocycles. The zero-order valence-electron chi connectivity index (χ0n) is 8.17. The Labute approximate surface area is 95.3 Å². The number of pyridine rings is 1. The maximum absolute atomic E-state index is 5.53.